The molecule has 1 aliphatic heterocycles. The van der Waals surface area contributed by atoms with Gasteiger partial charge in [0.2, 0.25) is 0 Å². The molecule has 0 radical (unpaired) electrons. The Labute approximate surface area is 122 Å². The van der Waals surface area contributed by atoms with E-state index in [1.165, 1.54) is 50.0 Å². The van der Waals surface area contributed by atoms with Crippen molar-refractivity contribution in [3.05, 3.63) is 23.9 Å². The van der Waals surface area contributed by atoms with Crippen molar-refractivity contribution in [2.24, 2.45) is 5.41 Å². The highest BCUT2D eigenvalue weighted by atomic mass is 15.2. The Morgan fingerprint density at radius 2 is 2.15 bits per heavy atom. The molecule has 1 saturated heterocycles. The lowest BCUT2D eigenvalue weighted by Gasteiger charge is -2.26. The van der Waals surface area contributed by atoms with Crippen molar-refractivity contribution in [3.63, 3.8) is 0 Å². The van der Waals surface area contributed by atoms with Crippen molar-refractivity contribution in [3.8, 4) is 0 Å². The molecule has 1 aromatic rings. The van der Waals surface area contributed by atoms with Crippen molar-refractivity contribution < 1.29 is 0 Å². The quantitative estimate of drug-likeness (QED) is 0.861. The zero-order valence-corrected chi connectivity index (χ0v) is 12.9. The van der Waals surface area contributed by atoms with Crippen LogP contribution in [0.3, 0.4) is 0 Å². The summed E-state index contributed by atoms with van der Waals surface area (Å²) in [5, 5.41) is 3.58. The fourth-order valence-corrected chi connectivity index (χ4v) is 3.25. The third-order valence-corrected chi connectivity index (χ3v) is 5.24. The Kier molecular flexibility index (Phi) is 3.97. The molecule has 1 saturated carbocycles. The molecule has 1 aromatic heterocycles. The fraction of sp³-hybridized carbons (Fsp3) is 0.706. The van der Waals surface area contributed by atoms with Gasteiger partial charge in [-0.05, 0) is 55.2 Å². The van der Waals surface area contributed by atoms with Gasteiger partial charge < -0.3 is 10.2 Å². The lowest BCUT2D eigenvalue weighted by molar-refractivity contribution is 0.301. The summed E-state index contributed by atoms with van der Waals surface area (Å²) < 4.78 is 0. The SMILES string of the molecule is CCC1(CC)CCN(c2cc(CNC3CC3)ccn2)C1. The summed E-state index contributed by atoms with van der Waals surface area (Å²) >= 11 is 0. The summed E-state index contributed by atoms with van der Waals surface area (Å²) in [6, 6.07) is 5.18. The summed E-state index contributed by atoms with van der Waals surface area (Å²) in [6.07, 6.45) is 8.54. The minimum atomic E-state index is 0.518. The second-order valence-electron chi connectivity index (χ2n) is 6.56. The van der Waals surface area contributed by atoms with Gasteiger partial charge in [0, 0.05) is 31.9 Å². The monoisotopic (exact) mass is 273 g/mol. The van der Waals surface area contributed by atoms with E-state index in [2.05, 4.69) is 41.2 Å². The van der Waals surface area contributed by atoms with Crippen LogP contribution in [-0.4, -0.2) is 24.1 Å². The summed E-state index contributed by atoms with van der Waals surface area (Å²) in [7, 11) is 0. The molecule has 3 heteroatoms. The number of anilines is 1. The molecule has 0 amide bonds. The molecule has 0 aromatic carbocycles. The van der Waals surface area contributed by atoms with Gasteiger partial charge in [-0.15, -0.1) is 0 Å². The Morgan fingerprint density at radius 1 is 1.35 bits per heavy atom. The average molecular weight is 273 g/mol. The van der Waals surface area contributed by atoms with E-state index in [0.717, 1.165) is 19.1 Å². The number of aromatic nitrogens is 1. The highest BCUT2D eigenvalue weighted by molar-refractivity contribution is 5.42. The van der Waals surface area contributed by atoms with Gasteiger partial charge in [-0.2, -0.15) is 0 Å². The first kappa shape index (κ1) is 13.9. The van der Waals surface area contributed by atoms with E-state index in [1.54, 1.807) is 0 Å². The molecule has 110 valence electrons. The standard InChI is InChI=1S/C17H27N3/c1-3-17(4-2)8-10-20(13-17)16-11-14(7-9-18-16)12-19-15-5-6-15/h7,9,11,15,19H,3-6,8,10,12-13H2,1-2H3. The van der Waals surface area contributed by atoms with Crippen molar-refractivity contribution in [1.82, 2.24) is 10.3 Å². The Balaban J connectivity index is 1.66. The van der Waals surface area contributed by atoms with Crippen LogP contribution in [-0.2, 0) is 6.54 Å². The van der Waals surface area contributed by atoms with Crippen LogP contribution in [0.2, 0.25) is 0 Å². The van der Waals surface area contributed by atoms with Gasteiger partial charge in [0.15, 0.2) is 0 Å². The first-order valence-electron chi connectivity index (χ1n) is 8.18. The van der Waals surface area contributed by atoms with Crippen LogP contribution < -0.4 is 10.2 Å². The van der Waals surface area contributed by atoms with Crippen LogP contribution in [0.1, 0.15) is 51.5 Å². The van der Waals surface area contributed by atoms with Crippen molar-refractivity contribution >= 4 is 5.82 Å². The van der Waals surface area contributed by atoms with Gasteiger partial charge in [0.05, 0.1) is 0 Å². The highest BCUT2D eigenvalue weighted by Crippen LogP contribution is 2.38. The Hall–Kier alpha value is -1.09. The highest BCUT2D eigenvalue weighted by Gasteiger charge is 2.35. The molecule has 1 N–H and O–H groups in total. The van der Waals surface area contributed by atoms with Crippen LogP contribution in [0.5, 0.6) is 0 Å². The summed E-state index contributed by atoms with van der Waals surface area (Å²) in [5.74, 6) is 1.17. The molecule has 2 heterocycles. The first-order valence-corrected chi connectivity index (χ1v) is 8.18. The zero-order valence-electron chi connectivity index (χ0n) is 12.9. The summed E-state index contributed by atoms with van der Waals surface area (Å²) in [6.45, 7) is 7.98. The Bertz CT molecular complexity index is 449. The maximum absolute atomic E-state index is 4.60. The predicted octanol–water partition coefficient (Wildman–Crippen LogP) is 3.35. The lowest BCUT2D eigenvalue weighted by atomic mass is 9.82. The van der Waals surface area contributed by atoms with E-state index in [1.807, 2.05) is 6.20 Å². The third kappa shape index (κ3) is 2.98. The molecule has 0 atom stereocenters. The minimum Gasteiger partial charge on any atom is -0.356 e. The van der Waals surface area contributed by atoms with Crippen LogP contribution in [0.25, 0.3) is 0 Å². The van der Waals surface area contributed by atoms with E-state index in [4.69, 9.17) is 0 Å². The molecular weight excluding hydrogens is 246 g/mol. The number of hydrogen-bond acceptors (Lipinski definition) is 3. The van der Waals surface area contributed by atoms with Gasteiger partial charge in [0.25, 0.3) is 0 Å². The maximum atomic E-state index is 4.60. The van der Waals surface area contributed by atoms with E-state index < -0.39 is 0 Å². The smallest absolute Gasteiger partial charge is 0.128 e. The molecule has 0 spiro atoms. The van der Waals surface area contributed by atoms with E-state index in [0.29, 0.717) is 5.41 Å². The first-order chi connectivity index (χ1) is 9.74. The van der Waals surface area contributed by atoms with Gasteiger partial charge in [-0.1, -0.05) is 13.8 Å². The topological polar surface area (TPSA) is 28.2 Å². The normalized spacial score (nSPS) is 21.4. The van der Waals surface area contributed by atoms with Crippen LogP contribution in [0.4, 0.5) is 5.82 Å². The molecule has 2 fully saturated rings. The molecule has 0 bridgehead atoms. The Morgan fingerprint density at radius 3 is 2.80 bits per heavy atom. The molecule has 3 nitrogen and oxygen atoms in total. The fourth-order valence-electron chi connectivity index (χ4n) is 3.25. The van der Waals surface area contributed by atoms with Crippen LogP contribution in [0, 0.1) is 5.41 Å². The van der Waals surface area contributed by atoms with Gasteiger partial charge in [-0.25, -0.2) is 4.98 Å². The average Bonchev–Trinajstić information content (AvgIpc) is 3.23. The van der Waals surface area contributed by atoms with Crippen molar-refractivity contribution in [2.75, 3.05) is 18.0 Å². The zero-order chi connectivity index (χ0) is 14.0. The summed E-state index contributed by atoms with van der Waals surface area (Å²) in [5.41, 5.74) is 1.89. The van der Waals surface area contributed by atoms with E-state index in [-0.39, 0.29) is 0 Å². The number of pyridine rings is 1. The molecular formula is C17H27N3. The number of nitrogens with zero attached hydrogens (tertiary/aromatic N) is 2. The largest absolute Gasteiger partial charge is 0.356 e. The third-order valence-electron chi connectivity index (χ3n) is 5.24. The second kappa shape index (κ2) is 5.72. The van der Waals surface area contributed by atoms with Crippen LogP contribution in [0.15, 0.2) is 18.3 Å². The second-order valence-corrected chi connectivity index (χ2v) is 6.56. The lowest BCUT2D eigenvalue weighted by Crippen LogP contribution is -2.27. The molecule has 0 unspecified atom stereocenters. The van der Waals surface area contributed by atoms with Gasteiger partial charge in [-0.3, -0.25) is 0 Å². The molecule has 1 aliphatic carbocycles. The maximum Gasteiger partial charge on any atom is 0.128 e. The van der Waals surface area contributed by atoms with Gasteiger partial charge in [0.1, 0.15) is 5.82 Å². The van der Waals surface area contributed by atoms with Crippen LogP contribution >= 0.6 is 0 Å². The molecule has 2 aliphatic rings. The minimum absolute atomic E-state index is 0.518. The van der Waals surface area contributed by atoms with Crippen molar-refractivity contribution in [1.29, 1.82) is 0 Å². The van der Waals surface area contributed by atoms with Gasteiger partial charge >= 0.3 is 0 Å². The van der Waals surface area contributed by atoms with E-state index in [9.17, 15) is 0 Å². The van der Waals surface area contributed by atoms with Crippen molar-refractivity contribution in [2.45, 2.75) is 58.5 Å². The predicted molar refractivity (Wildman–Crippen MR) is 83.9 cm³/mol. The number of hydrogen-bond donors (Lipinski definition) is 1. The molecule has 20 heavy (non-hydrogen) atoms. The number of nitrogens with one attached hydrogen (secondary N) is 1. The number of rotatable bonds is 6. The molecule has 3 rings (SSSR count). The van der Waals surface area contributed by atoms with E-state index >= 15 is 0 Å². The summed E-state index contributed by atoms with van der Waals surface area (Å²) in [4.78, 5) is 7.08.